The molecule has 0 atom stereocenters. The molecule has 0 N–H and O–H groups in total. The van der Waals surface area contributed by atoms with Crippen molar-refractivity contribution >= 4 is 5.78 Å². The molecule has 1 rings (SSSR count). The fraction of sp³-hybridized carbons (Fsp3) is 0.562. The minimum absolute atomic E-state index is 0.268. The lowest BCUT2D eigenvalue weighted by molar-refractivity contribution is -0.117. The van der Waals surface area contributed by atoms with Crippen LogP contribution in [0.25, 0.3) is 0 Å². The molecule has 1 aromatic rings. The Labute approximate surface area is 116 Å². The minimum atomic E-state index is 0.268. The van der Waals surface area contributed by atoms with Gasteiger partial charge in [-0.25, -0.2) is 0 Å². The molecule has 19 heavy (non-hydrogen) atoms. The van der Waals surface area contributed by atoms with E-state index in [2.05, 4.69) is 31.9 Å². The molecule has 3 heteroatoms. The fourth-order valence-electron chi connectivity index (χ4n) is 2.21. The van der Waals surface area contributed by atoms with E-state index in [0.717, 1.165) is 25.3 Å². The number of rotatable bonds is 7. The van der Waals surface area contributed by atoms with E-state index < -0.39 is 0 Å². The van der Waals surface area contributed by atoms with Gasteiger partial charge < -0.3 is 14.4 Å². The van der Waals surface area contributed by atoms with E-state index in [1.54, 1.807) is 14.0 Å². The first-order chi connectivity index (χ1) is 8.95. The third kappa shape index (κ3) is 4.67. The maximum absolute atomic E-state index is 10.9. The second-order valence-electron chi connectivity index (χ2n) is 5.22. The predicted molar refractivity (Wildman–Crippen MR) is 78.7 cm³/mol. The molecule has 0 aliphatic rings. The molecule has 0 radical (unpaired) electrons. The molecule has 0 saturated heterocycles. The Bertz CT molecular complexity index is 441. The highest BCUT2D eigenvalue weighted by atomic mass is 16.5. The lowest BCUT2D eigenvalue weighted by atomic mass is 10.0. The summed E-state index contributed by atoms with van der Waals surface area (Å²) < 4.78 is 5.33. The highest BCUT2D eigenvalue weighted by Crippen LogP contribution is 2.24. The SMILES string of the molecule is COc1ccc(CN(C)CCCC(C)=O)c(C)c1C. The topological polar surface area (TPSA) is 29.5 Å². The van der Waals surface area contributed by atoms with E-state index in [1.165, 1.54) is 16.7 Å². The first kappa shape index (κ1) is 15.7. The molecule has 0 aliphatic carbocycles. The van der Waals surface area contributed by atoms with Crippen LogP contribution in [0, 0.1) is 13.8 Å². The maximum Gasteiger partial charge on any atom is 0.129 e. The van der Waals surface area contributed by atoms with Crippen molar-refractivity contribution in [3.05, 3.63) is 28.8 Å². The first-order valence-corrected chi connectivity index (χ1v) is 6.76. The second kappa shape index (κ2) is 7.29. The van der Waals surface area contributed by atoms with Gasteiger partial charge in [-0.05, 0) is 63.5 Å². The van der Waals surface area contributed by atoms with Crippen LogP contribution in [0.15, 0.2) is 12.1 Å². The molecule has 0 heterocycles. The van der Waals surface area contributed by atoms with Gasteiger partial charge in [0, 0.05) is 13.0 Å². The highest BCUT2D eigenvalue weighted by Gasteiger charge is 2.08. The van der Waals surface area contributed by atoms with Crippen LogP contribution in [0.3, 0.4) is 0 Å². The first-order valence-electron chi connectivity index (χ1n) is 6.76. The van der Waals surface area contributed by atoms with Gasteiger partial charge in [-0.3, -0.25) is 0 Å². The lowest BCUT2D eigenvalue weighted by Gasteiger charge is -2.19. The fourth-order valence-corrected chi connectivity index (χ4v) is 2.21. The zero-order valence-corrected chi connectivity index (χ0v) is 12.7. The van der Waals surface area contributed by atoms with E-state index in [9.17, 15) is 4.79 Å². The lowest BCUT2D eigenvalue weighted by Crippen LogP contribution is -2.20. The summed E-state index contributed by atoms with van der Waals surface area (Å²) in [4.78, 5) is 13.2. The molecule has 0 unspecified atom stereocenters. The van der Waals surface area contributed by atoms with E-state index >= 15 is 0 Å². The molecular formula is C16H25NO2. The minimum Gasteiger partial charge on any atom is -0.496 e. The molecule has 1 aromatic carbocycles. The van der Waals surface area contributed by atoms with Gasteiger partial charge in [0.1, 0.15) is 11.5 Å². The zero-order valence-electron chi connectivity index (χ0n) is 12.7. The van der Waals surface area contributed by atoms with Gasteiger partial charge in [0.15, 0.2) is 0 Å². The number of carbonyl (C=O) groups is 1. The van der Waals surface area contributed by atoms with Crippen molar-refractivity contribution in [3.63, 3.8) is 0 Å². The maximum atomic E-state index is 10.9. The van der Waals surface area contributed by atoms with Crippen molar-refractivity contribution < 1.29 is 9.53 Å². The summed E-state index contributed by atoms with van der Waals surface area (Å²) >= 11 is 0. The summed E-state index contributed by atoms with van der Waals surface area (Å²) in [6.07, 6.45) is 1.60. The van der Waals surface area contributed by atoms with Crippen molar-refractivity contribution in [1.82, 2.24) is 4.90 Å². The molecule has 0 aliphatic heterocycles. The van der Waals surface area contributed by atoms with E-state index in [-0.39, 0.29) is 5.78 Å². The van der Waals surface area contributed by atoms with E-state index in [1.807, 2.05) is 6.07 Å². The van der Waals surface area contributed by atoms with Crippen LogP contribution in [0.1, 0.15) is 36.5 Å². The smallest absolute Gasteiger partial charge is 0.129 e. The van der Waals surface area contributed by atoms with Crippen molar-refractivity contribution in [2.75, 3.05) is 20.7 Å². The number of hydrogen-bond donors (Lipinski definition) is 0. The third-order valence-corrected chi connectivity index (χ3v) is 3.58. The van der Waals surface area contributed by atoms with Crippen molar-refractivity contribution in [2.24, 2.45) is 0 Å². The van der Waals surface area contributed by atoms with Crippen LogP contribution in [-0.2, 0) is 11.3 Å². The number of Topliss-reactive ketones (excluding diaryl/α,β-unsaturated/α-hetero) is 1. The van der Waals surface area contributed by atoms with Crippen LogP contribution < -0.4 is 4.74 Å². The van der Waals surface area contributed by atoms with Crippen molar-refractivity contribution in [2.45, 2.75) is 40.2 Å². The van der Waals surface area contributed by atoms with Gasteiger partial charge in [-0.15, -0.1) is 0 Å². The molecule has 0 fully saturated rings. The van der Waals surface area contributed by atoms with Gasteiger partial charge in [0.2, 0.25) is 0 Å². The Balaban J connectivity index is 2.62. The molecule has 0 aromatic heterocycles. The average molecular weight is 263 g/mol. The Hall–Kier alpha value is -1.35. The molecule has 0 amide bonds. The van der Waals surface area contributed by atoms with Crippen LogP contribution >= 0.6 is 0 Å². The number of methoxy groups -OCH3 is 1. The van der Waals surface area contributed by atoms with Gasteiger partial charge in [0.05, 0.1) is 7.11 Å². The number of carbonyl (C=O) groups excluding carboxylic acids is 1. The summed E-state index contributed by atoms with van der Waals surface area (Å²) in [5.74, 6) is 1.21. The Morgan fingerprint density at radius 1 is 1.26 bits per heavy atom. The van der Waals surface area contributed by atoms with Crippen LogP contribution in [0.4, 0.5) is 0 Å². The predicted octanol–water partition coefficient (Wildman–Crippen LogP) is 3.11. The largest absolute Gasteiger partial charge is 0.496 e. The molecule has 0 bridgehead atoms. The summed E-state index contributed by atoms with van der Waals surface area (Å²) in [6.45, 7) is 7.74. The number of hydrogen-bond acceptors (Lipinski definition) is 3. The summed E-state index contributed by atoms with van der Waals surface area (Å²) in [5.41, 5.74) is 3.82. The third-order valence-electron chi connectivity index (χ3n) is 3.58. The Morgan fingerprint density at radius 2 is 1.95 bits per heavy atom. The van der Waals surface area contributed by atoms with Crippen LogP contribution in [-0.4, -0.2) is 31.4 Å². The monoisotopic (exact) mass is 263 g/mol. The van der Waals surface area contributed by atoms with E-state index in [4.69, 9.17) is 4.74 Å². The summed E-state index contributed by atoms with van der Waals surface area (Å²) in [5, 5.41) is 0. The quantitative estimate of drug-likeness (QED) is 0.757. The van der Waals surface area contributed by atoms with E-state index in [0.29, 0.717) is 6.42 Å². The molecular weight excluding hydrogens is 238 g/mol. The molecule has 0 spiro atoms. The van der Waals surface area contributed by atoms with Crippen molar-refractivity contribution in [3.8, 4) is 5.75 Å². The van der Waals surface area contributed by atoms with Crippen LogP contribution in [0.2, 0.25) is 0 Å². The zero-order chi connectivity index (χ0) is 14.4. The van der Waals surface area contributed by atoms with Gasteiger partial charge in [0.25, 0.3) is 0 Å². The van der Waals surface area contributed by atoms with Gasteiger partial charge in [-0.1, -0.05) is 6.07 Å². The highest BCUT2D eigenvalue weighted by molar-refractivity contribution is 5.75. The normalized spacial score (nSPS) is 10.8. The number of nitrogens with zero attached hydrogens (tertiary/aromatic N) is 1. The molecule has 106 valence electrons. The van der Waals surface area contributed by atoms with Gasteiger partial charge in [-0.2, -0.15) is 0 Å². The van der Waals surface area contributed by atoms with Gasteiger partial charge >= 0.3 is 0 Å². The summed E-state index contributed by atoms with van der Waals surface area (Å²) in [7, 11) is 3.80. The number of benzene rings is 1. The molecule has 0 saturated carbocycles. The molecule has 3 nitrogen and oxygen atoms in total. The second-order valence-corrected chi connectivity index (χ2v) is 5.22. The standard InChI is InChI=1S/C16H25NO2/c1-12(18)7-6-10-17(4)11-15-8-9-16(19-5)14(3)13(15)2/h8-9H,6-7,10-11H2,1-5H3. The van der Waals surface area contributed by atoms with Crippen LogP contribution in [0.5, 0.6) is 5.75 Å². The number of ether oxygens (including phenoxy) is 1. The Kier molecular flexibility index (Phi) is 6.03. The number of ketones is 1. The Morgan fingerprint density at radius 3 is 2.53 bits per heavy atom. The average Bonchev–Trinajstić information content (AvgIpc) is 2.35. The van der Waals surface area contributed by atoms with Crippen molar-refractivity contribution in [1.29, 1.82) is 0 Å². The summed E-state index contributed by atoms with van der Waals surface area (Å²) in [6, 6.07) is 4.16.